The van der Waals surface area contributed by atoms with Gasteiger partial charge in [0.25, 0.3) is 0 Å². The molecule has 1 heterocycles. The van der Waals surface area contributed by atoms with E-state index in [0.29, 0.717) is 0 Å². The van der Waals surface area contributed by atoms with Crippen molar-refractivity contribution in [2.75, 3.05) is 39.8 Å². The lowest BCUT2D eigenvalue weighted by Crippen LogP contribution is -2.51. The van der Waals surface area contributed by atoms with Gasteiger partial charge < -0.3 is 15.0 Å². The number of piperazine rings is 1. The lowest BCUT2D eigenvalue weighted by Gasteiger charge is -2.34. The summed E-state index contributed by atoms with van der Waals surface area (Å²) in [4.78, 5) is 16.2. The topological polar surface area (TPSA) is 44.8 Å². The molecule has 5 heteroatoms. The van der Waals surface area contributed by atoms with E-state index in [1.54, 1.807) is 7.11 Å². The smallest absolute Gasteiger partial charge is 0.317 e. The van der Waals surface area contributed by atoms with Crippen LogP contribution in [0, 0.1) is 0 Å². The number of urea groups is 1. The molecule has 1 saturated heterocycles. The summed E-state index contributed by atoms with van der Waals surface area (Å²) in [5, 5.41) is 2.93. The highest BCUT2D eigenvalue weighted by Gasteiger charge is 2.20. The van der Waals surface area contributed by atoms with E-state index in [2.05, 4.69) is 29.3 Å². The lowest BCUT2D eigenvalue weighted by atomic mass is 10.2. The Morgan fingerprint density at radius 3 is 2.43 bits per heavy atom. The van der Waals surface area contributed by atoms with Crippen molar-refractivity contribution in [1.29, 1.82) is 0 Å². The summed E-state index contributed by atoms with van der Waals surface area (Å²) >= 11 is 0. The van der Waals surface area contributed by atoms with Gasteiger partial charge in [0.15, 0.2) is 0 Å². The average molecular weight is 291 g/mol. The monoisotopic (exact) mass is 291 g/mol. The molecule has 2 amide bonds. The van der Waals surface area contributed by atoms with Crippen LogP contribution in [0.1, 0.15) is 18.9 Å². The molecule has 5 nitrogen and oxygen atoms in total. The highest BCUT2D eigenvalue weighted by atomic mass is 16.5. The maximum Gasteiger partial charge on any atom is 0.317 e. The number of methoxy groups -OCH3 is 1. The molecule has 0 aliphatic carbocycles. The minimum Gasteiger partial charge on any atom is -0.497 e. The first-order valence-corrected chi connectivity index (χ1v) is 7.61. The first kappa shape index (κ1) is 15.6. The van der Waals surface area contributed by atoms with Crippen LogP contribution in [0.25, 0.3) is 0 Å². The molecule has 21 heavy (non-hydrogen) atoms. The Kier molecular flexibility index (Phi) is 5.87. The standard InChI is InChI=1S/C16H25N3O2/c1-3-8-17-16(20)19-11-9-18(10-12-19)13-14-4-6-15(21-2)7-5-14/h4-7H,3,8-13H2,1-2H3,(H,17,20). The zero-order valence-corrected chi connectivity index (χ0v) is 13.0. The number of hydrogen-bond donors (Lipinski definition) is 1. The van der Waals surface area contributed by atoms with Gasteiger partial charge in [-0.25, -0.2) is 4.79 Å². The maximum atomic E-state index is 11.9. The van der Waals surface area contributed by atoms with Gasteiger partial charge in [0.1, 0.15) is 5.75 Å². The van der Waals surface area contributed by atoms with Gasteiger partial charge in [-0.05, 0) is 24.1 Å². The highest BCUT2D eigenvalue weighted by molar-refractivity contribution is 5.74. The van der Waals surface area contributed by atoms with Crippen LogP contribution in [0.2, 0.25) is 0 Å². The molecule has 1 aromatic rings. The third kappa shape index (κ3) is 4.63. The Labute approximate surface area is 126 Å². The number of ether oxygens (including phenoxy) is 1. The van der Waals surface area contributed by atoms with Crippen LogP contribution < -0.4 is 10.1 Å². The first-order valence-electron chi connectivity index (χ1n) is 7.61. The van der Waals surface area contributed by atoms with E-state index < -0.39 is 0 Å². The predicted octanol–water partition coefficient (Wildman–Crippen LogP) is 1.93. The number of carbonyl (C=O) groups is 1. The van der Waals surface area contributed by atoms with E-state index in [1.165, 1.54) is 5.56 Å². The molecule has 0 saturated carbocycles. The van der Waals surface area contributed by atoms with Crippen LogP contribution in [-0.4, -0.2) is 55.7 Å². The molecule has 1 fully saturated rings. The summed E-state index contributed by atoms with van der Waals surface area (Å²) < 4.78 is 5.17. The van der Waals surface area contributed by atoms with Crippen LogP contribution in [0.5, 0.6) is 5.75 Å². The Balaban J connectivity index is 1.76. The summed E-state index contributed by atoms with van der Waals surface area (Å²) in [6.45, 7) is 7.18. The van der Waals surface area contributed by atoms with Crippen molar-refractivity contribution in [3.05, 3.63) is 29.8 Å². The summed E-state index contributed by atoms with van der Waals surface area (Å²) in [6.07, 6.45) is 0.975. The van der Waals surface area contributed by atoms with E-state index in [0.717, 1.165) is 51.4 Å². The van der Waals surface area contributed by atoms with Crippen LogP contribution in [0.3, 0.4) is 0 Å². The molecule has 0 spiro atoms. The molecule has 1 aliphatic heterocycles. The van der Waals surface area contributed by atoms with E-state index in [4.69, 9.17) is 4.74 Å². The van der Waals surface area contributed by atoms with Gasteiger partial charge >= 0.3 is 6.03 Å². The number of benzene rings is 1. The van der Waals surface area contributed by atoms with Gasteiger partial charge in [0, 0.05) is 39.3 Å². The SMILES string of the molecule is CCCNC(=O)N1CCN(Cc2ccc(OC)cc2)CC1. The fraction of sp³-hybridized carbons (Fsp3) is 0.562. The summed E-state index contributed by atoms with van der Waals surface area (Å²) in [6, 6.07) is 8.24. The molecule has 1 aromatic carbocycles. The molecule has 0 unspecified atom stereocenters. The Morgan fingerprint density at radius 1 is 1.19 bits per heavy atom. The second kappa shape index (κ2) is 7.88. The largest absolute Gasteiger partial charge is 0.497 e. The van der Waals surface area contributed by atoms with Crippen LogP contribution >= 0.6 is 0 Å². The van der Waals surface area contributed by atoms with Gasteiger partial charge in [0.2, 0.25) is 0 Å². The molecule has 1 aliphatic rings. The molecular formula is C16H25N3O2. The van der Waals surface area contributed by atoms with Crippen LogP contribution in [-0.2, 0) is 6.54 Å². The zero-order valence-electron chi connectivity index (χ0n) is 13.0. The molecule has 0 atom stereocenters. The number of nitrogens with one attached hydrogen (secondary N) is 1. The minimum absolute atomic E-state index is 0.0703. The third-order valence-electron chi connectivity index (χ3n) is 3.75. The molecule has 0 aromatic heterocycles. The van der Waals surface area contributed by atoms with Gasteiger partial charge in [-0.1, -0.05) is 19.1 Å². The average Bonchev–Trinajstić information content (AvgIpc) is 2.54. The van der Waals surface area contributed by atoms with Crippen molar-refractivity contribution in [1.82, 2.24) is 15.1 Å². The van der Waals surface area contributed by atoms with E-state index in [1.807, 2.05) is 17.0 Å². The number of carbonyl (C=O) groups excluding carboxylic acids is 1. The molecule has 2 rings (SSSR count). The minimum atomic E-state index is 0.0703. The van der Waals surface area contributed by atoms with Crippen LogP contribution in [0.15, 0.2) is 24.3 Å². The number of nitrogens with zero attached hydrogens (tertiary/aromatic N) is 2. The number of amides is 2. The predicted molar refractivity (Wildman–Crippen MR) is 83.5 cm³/mol. The Morgan fingerprint density at radius 2 is 1.86 bits per heavy atom. The fourth-order valence-corrected chi connectivity index (χ4v) is 2.44. The summed E-state index contributed by atoms with van der Waals surface area (Å²) in [5.41, 5.74) is 1.28. The quantitative estimate of drug-likeness (QED) is 0.901. The molecule has 0 bridgehead atoms. The molecule has 116 valence electrons. The van der Waals surface area contributed by atoms with Crippen molar-refractivity contribution in [3.63, 3.8) is 0 Å². The lowest BCUT2D eigenvalue weighted by molar-refractivity contribution is 0.135. The fourth-order valence-electron chi connectivity index (χ4n) is 2.44. The zero-order chi connectivity index (χ0) is 15.1. The van der Waals surface area contributed by atoms with E-state index in [9.17, 15) is 4.79 Å². The van der Waals surface area contributed by atoms with E-state index in [-0.39, 0.29) is 6.03 Å². The number of hydrogen-bond acceptors (Lipinski definition) is 3. The van der Waals surface area contributed by atoms with Crippen molar-refractivity contribution < 1.29 is 9.53 Å². The second-order valence-electron chi connectivity index (χ2n) is 5.34. The normalized spacial score (nSPS) is 15.8. The van der Waals surface area contributed by atoms with Crippen molar-refractivity contribution in [3.8, 4) is 5.75 Å². The van der Waals surface area contributed by atoms with E-state index >= 15 is 0 Å². The highest BCUT2D eigenvalue weighted by Crippen LogP contribution is 2.14. The number of rotatable bonds is 5. The van der Waals surface area contributed by atoms with Gasteiger partial charge in [-0.2, -0.15) is 0 Å². The third-order valence-corrected chi connectivity index (χ3v) is 3.75. The first-order chi connectivity index (χ1) is 10.2. The van der Waals surface area contributed by atoms with Crippen molar-refractivity contribution in [2.45, 2.75) is 19.9 Å². The summed E-state index contributed by atoms with van der Waals surface area (Å²) in [7, 11) is 1.68. The second-order valence-corrected chi connectivity index (χ2v) is 5.34. The molecular weight excluding hydrogens is 266 g/mol. The molecule has 0 radical (unpaired) electrons. The van der Waals surface area contributed by atoms with Crippen molar-refractivity contribution >= 4 is 6.03 Å². The van der Waals surface area contributed by atoms with Crippen molar-refractivity contribution in [2.24, 2.45) is 0 Å². The summed E-state index contributed by atoms with van der Waals surface area (Å²) in [5.74, 6) is 0.885. The molecule has 1 N–H and O–H groups in total. The maximum absolute atomic E-state index is 11.9. The Hall–Kier alpha value is -1.75. The van der Waals surface area contributed by atoms with Gasteiger partial charge in [-0.3, -0.25) is 4.90 Å². The Bertz CT molecular complexity index is 439. The van der Waals surface area contributed by atoms with Crippen LogP contribution in [0.4, 0.5) is 4.79 Å². The van der Waals surface area contributed by atoms with Gasteiger partial charge in [0.05, 0.1) is 7.11 Å². The van der Waals surface area contributed by atoms with Gasteiger partial charge in [-0.15, -0.1) is 0 Å².